The second-order valence-electron chi connectivity index (χ2n) is 15.3. The van der Waals surface area contributed by atoms with Gasteiger partial charge < -0.3 is 8.98 Å². The number of benzene rings is 6. The average Bonchev–Trinajstić information content (AvgIpc) is 3.76. The molecular formula is C46H35NO. The van der Waals surface area contributed by atoms with E-state index in [9.17, 15) is 0 Å². The molecule has 0 atom stereocenters. The number of rotatable bonds is 2. The summed E-state index contributed by atoms with van der Waals surface area (Å²) in [7, 11) is 0. The Morgan fingerprint density at radius 3 is 2.02 bits per heavy atom. The molecule has 4 saturated carbocycles. The Kier molecular flexibility index (Phi) is 4.91. The van der Waals surface area contributed by atoms with Gasteiger partial charge in [-0.25, -0.2) is 0 Å². The number of nitrogens with zero attached hydrogens (tertiary/aromatic N) is 1. The van der Waals surface area contributed by atoms with E-state index in [4.69, 9.17) is 4.42 Å². The van der Waals surface area contributed by atoms with Gasteiger partial charge in [-0.1, -0.05) is 78.9 Å². The van der Waals surface area contributed by atoms with Crippen molar-refractivity contribution in [3.63, 3.8) is 0 Å². The fourth-order valence-corrected chi connectivity index (χ4v) is 11.6. The van der Waals surface area contributed by atoms with Crippen LogP contribution in [0.5, 0.6) is 0 Å². The summed E-state index contributed by atoms with van der Waals surface area (Å²) in [5, 5.41) is 4.93. The first kappa shape index (κ1) is 25.9. The third-order valence-corrected chi connectivity index (χ3v) is 13.2. The average molecular weight is 618 g/mol. The maximum atomic E-state index is 6.27. The molecule has 4 fully saturated rings. The molecule has 0 aliphatic heterocycles. The van der Waals surface area contributed by atoms with E-state index >= 15 is 0 Å². The van der Waals surface area contributed by atoms with Crippen LogP contribution in [0.15, 0.2) is 132 Å². The number of furan rings is 1. The summed E-state index contributed by atoms with van der Waals surface area (Å²) in [6, 6.07) is 47.9. The van der Waals surface area contributed by atoms with E-state index in [0.29, 0.717) is 0 Å². The van der Waals surface area contributed by atoms with Crippen molar-refractivity contribution < 1.29 is 4.42 Å². The van der Waals surface area contributed by atoms with Crippen LogP contribution in [0.4, 0.5) is 0 Å². The molecule has 2 heterocycles. The largest absolute Gasteiger partial charge is 0.456 e. The van der Waals surface area contributed by atoms with Crippen molar-refractivity contribution >= 4 is 43.7 Å². The smallest absolute Gasteiger partial charge is 0.136 e. The van der Waals surface area contributed by atoms with Gasteiger partial charge in [0, 0.05) is 32.6 Å². The van der Waals surface area contributed by atoms with Gasteiger partial charge in [0.2, 0.25) is 0 Å². The van der Waals surface area contributed by atoms with Crippen molar-refractivity contribution in [2.45, 2.75) is 37.5 Å². The first-order valence-electron chi connectivity index (χ1n) is 17.9. The molecule has 6 aromatic carbocycles. The lowest BCUT2D eigenvalue weighted by atomic mass is 9.43. The molecule has 5 aliphatic rings. The van der Waals surface area contributed by atoms with Crippen LogP contribution in [-0.4, -0.2) is 4.57 Å². The van der Waals surface area contributed by atoms with Gasteiger partial charge in [-0.15, -0.1) is 0 Å². The standard InChI is InChI=1S/C46H35NO/c1-4-10-40-34(7-1)35-17-15-33(26-41(35)46(40)31-20-27-19-28(22-31)23-32(46)21-27)47-42-11-5-2-8-36(42)39-24-29(14-18-43(39)47)30-13-16-38-37-9-3-6-12-44(37)48-45(38)25-30/h1-18,24-28,31-32H,19-23H2. The summed E-state index contributed by atoms with van der Waals surface area (Å²) < 4.78 is 8.80. The van der Waals surface area contributed by atoms with Crippen molar-refractivity contribution in [3.05, 3.63) is 139 Å². The lowest BCUT2D eigenvalue weighted by molar-refractivity contribution is -0.0399. The van der Waals surface area contributed by atoms with Gasteiger partial charge in [0.25, 0.3) is 0 Å². The molecule has 0 N–H and O–H groups in total. The Morgan fingerprint density at radius 2 is 1.15 bits per heavy atom. The van der Waals surface area contributed by atoms with E-state index < -0.39 is 0 Å². The van der Waals surface area contributed by atoms with Crippen molar-refractivity contribution in [2.75, 3.05) is 0 Å². The molecule has 5 aliphatic carbocycles. The zero-order valence-corrected chi connectivity index (χ0v) is 26.8. The van der Waals surface area contributed by atoms with Gasteiger partial charge in [0.05, 0.1) is 11.0 Å². The van der Waals surface area contributed by atoms with Gasteiger partial charge in [-0.05, 0) is 138 Å². The summed E-state index contributed by atoms with van der Waals surface area (Å²) in [4.78, 5) is 0. The predicted octanol–water partition coefficient (Wildman–Crippen LogP) is 12.1. The number of aromatic nitrogens is 1. The highest BCUT2D eigenvalue weighted by molar-refractivity contribution is 6.11. The van der Waals surface area contributed by atoms with Gasteiger partial charge in [-0.2, -0.15) is 0 Å². The molecule has 0 radical (unpaired) electrons. The van der Waals surface area contributed by atoms with Gasteiger partial charge >= 0.3 is 0 Å². The Bertz CT molecular complexity index is 2620. The first-order chi connectivity index (χ1) is 23.7. The summed E-state index contributed by atoms with van der Waals surface area (Å²) in [6.07, 6.45) is 7.10. The minimum Gasteiger partial charge on any atom is -0.456 e. The third kappa shape index (κ3) is 3.19. The highest BCUT2D eigenvalue weighted by atomic mass is 16.3. The van der Waals surface area contributed by atoms with Crippen molar-refractivity contribution in [3.8, 4) is 27.9 Å². The maximum Gasteiger partial charge on any atom is 0.136 e. The van der Waals surface area contributed by atoms with Crippen LogP contribution in [0.2, 0.25) is 0 Å². The molecule has 0 amide bonds. The lowest BCUT2D eigenvalue weighted by Gasteiger charge is -2.61. The van der Waals surface area contributed by atoms with Crippen LogP contribution < -0.4 is 0 Å². The second kappa shape index (κ2) is 9.08. The number of hydrogen-bond donors (Lipinski definition) is 0. The van der Waals surface area contributed by atoms with Crippen molar-refractivity contribution in [2.24, 2.45) is 23.7 Å². The van der Waals surface area contributed by atoms with Gasteiger partial charge in [-0.3, -0.25) is 0 Å². The highest BCUT2D eigenvalue weighted by Crippen LogP contribution is 2.69. The molecule has 13 rings (SSSR count). The molecule has 2 heteroatoms. The number of hydrogen-bond acceptors (Lipinski definition) is 1. The maximum absolute atomic E-state index is 6.27. The van der Waals surface area contributed by atoms with Crippen LogP contribution in [0.1, 0.15) is 43.2 Å². The second-order valence-corrected chi connectivity index (χ2v) is 15.3. The monoisotopic (exact) mass is 617 g/mol. The van der Waals surface area contributed by atoms with Crippen LogP contribution in [0.25, 0.3) is 71.7 Å². The molecule has 0 unspecified atom stereocenters. The first-order valence-corrected chi connectivity index (χ1v) is 17.9. The minimum absolute atomic E-state index is 0.163. The molecule has 48 heavy (non-hydrogen) atoms. The molecule has 8 aromatic rings. The SMILES string of the molecule is c1ccc2c(c1)-c1ccc(-n3c4ccccc4c4cc(-c5ccc6c(c5)oc5ccccc56)ccc43)cc1C21C2CC3CC(C2)CC1C3. The van der Waals surface area contributed by atoms with E-state index in [2.05, 4.69) is 126 Å². The van der Waals surface area contributed by atoms with Crippen LogP contribution >= 0.6 is 0 Å². The van der Waals surface area contributed by atoms with Gasteiger partial charge in [0.1, 0.15) is 11.2 Å². The van der Waals surface area contributed by atoms with E-state index in [1.165, 1.54) is 92.6 Å². The van der Waals surface area contributed by atoms with Crippen molar-refractivity contribution in [1.82, 2.24) is 4.57 Å². The van der Waals surface area contributed by atoms with E-state index in [1.807, 2.05) is 6.07 Å². The van der Waals surface area contributed by atoms with Crippen molar-refractivity contribution in [1.29, 1.82) is 0 Å². The lowest BCUT2D eigenvalue weighted by Crippen LogP contribution is -2.55. The fourth-order valence-electron chi connectivity index (χ4n) is 11.6. The highest BCUT2D eigenvalue weighted by Gasteiger charge is 2.61. The molecule has 4 bridgehead atoms. The quantitative estimate of drug-likeness (QED) is 0.189. The fraction of sp³-hybridized carbons (Fsp3) is 0.217. The summed E-state index contributed by atoms with van der Waals surface area (Å²) in [5.74, 6) is 3.40. The Labute approximate surface area is 279 Å². The summed E-state index contributed by atoms with van der Waals surface area (Å²) in [6.45, 7) is 0. The third-order valence-electron chi connectivity index (χ3n) is 13.2. The minimum atomic E-state index is 0.163. The molecular weight excluding hydrogens is 583 g/mol. The molecule has 2 nitrogen and oxygen atoms in total. The summed E-state index contributed by atoms with van der Waals surface area (Å²) in [5.41, 5.74) is 14.5. The Morgan fingerprint density at radius 1 is 0.479 bits per heavy atom. The summed E-state index contributed by atoms with van der Waals surface area (Å²) >= 11 is 0. The Balaban J connectivity index is 1.05. The zero-order valence-electron chi connectivity index (χ0n) is 26.8. The van der Waals surface area contributed by atoms with Crippen LogP contribution in [0, 0.1) is 23.7 Å². The van der Waals surface area contributed by atoms with Crippen LogP contribution in [0.3, 0.4) is 0 Å². The number of para-hydroxylation sites is 2. The number of fused-ring (bicyclic) bond motifs is 9. The molecule has 230 valence electrons. The normalized spacial score (nSPS) is 25.2. The topological polar surface area (TPSA) is 18.1 Å². The molecule has 0 saturated heterocycles. The van der Waals surface area contributed by atoms with E-state index in [-0.39, 0.29) is 5.41 Å². The predicted molar refractivity (Wildman–Crippen MR) is 197 cm³/mol. The van der Waals surface area contributed by atoms with E-state index in [1.54, 1.807) is 11.1 Å². The van der Waals surface area contributed by atoms with Crippen LogP contribution in [-0.2, 0) is 5.41 Å². The molecule has 2 aromatic heterocycles. The van der Waals surface area contributed by atoms with E-state index in [0.717, 1.165) is 34.8 Å². The van der Waals surface area contributed by atoms with Gasteiger partial charge in [0.15, 0.2) is 0 Å². The Hall–Kier alpha value is -5.08. The molecule has 1 spiro atoms. The zero-order chi connectivity index (χ0) is 31.1.